The molecule has 0 radical (unpaired) electrons. The van der Waals surface area contributed by atoms with Gasteiger partial charge in [-0.15, -0.1) is 0 Å². The van der Waals surface area contributed by atoms with Gasteiger partial charge in [-0.25, -0.2) is 9.87 Å². The van der Waals surface area contributed by atoms with Crippen molar-refractivity contribution in [2.75, 3.05) is 11.5 Å². The average Bonchev–Trinajstić information content (AvgIpc) is 3.04. The van der Waals surface area contributed by atoms with Gasteiger partial charge >= 0.3 is 0 Å². The van der Waals surface area contributed by atoms with Crippen molar-refractivity contribution >= 4 is 28.5 Å². The Labute approximate surface area is 146 Å². The van der Waals surface area contributed by atoms with Crippen molar-refractivity contribution in [3.05, 3.63) is 59.6 Å². The summed E-state index contributed by atoms with van der Waals surface area (Å²) >= 11 is 0. The number of rotatable bonds is 3. The topological polar surface area (TPSA) is 92.0 Å². The molecule has 0 unspecified atom stereocenters. The van der Waals surface area contributed by atoms with Crippen LogP contribution in [0, 0.1) is 5.82 Å². The molecule has 0 bridgehead atoms. The minimum atomic E-state index is -0.704. The molecule has 132 valence electrons. The maximum atomic E-state index is 13.3. The summed E-state index contributed by atoms with van der Waals surface area (Å²) in [5, 5.41) is 9.38. The van der Waals surface area contributed by atoms with Crippen LogP contribution in [0.25, 0.3) is 11.0 Å². The van der Waals surface area contributed by atoms with E-state index in [1.165, 1.54) is 35.2 Å². The molecule has 0 fully saturated rings. The number of fused-ring (bicyclic) bond motifs is 2. The van der Waals surface area contributed by atoms with Gasteiger partial charge in [0.15, 0.2) is 6.61 Å². The number of hydrogen-bond donors (Lipinski definition) is 2. The molecule has 4 rings (SSSR count). The third-order valence-electron chi connectivity index (χ3n) is 4.11. The number of ether oxygens (including phenoxy) is 1. The molecule has 0 spiro atoms. The van der Waals surface area contributed by atoms with E-state index in [-0.39, 0.29) is 30.4 Å². The zero-order valence-corrected chi connectivity index (χ0v) is 13.4. The molecule has 2 N–H and O–H groups in total. The van der Waals surface area contributed by atoms with Crippen LogP contribution in [0.4, 0.5) is 10.1 Å². The molecular weight excluding hydrogens is 343 g/mol. The maximum Gasteiger partial charge on any atom is 0.274 e. The van der Waals surface area contributed by atoms with E-state index in [9.17, 15) is 14.0 Å². The zero-order chi connectivity index (χ0) is 18.3. The lowest BCUT2D eigenvalue weighted by atomic mass is 10.1. The van der Waals surface area contributed by atoms with Crippen molar-refractivity contribution < 1.29 is 28.3 Å². The maximum absolute atomic E-state index is 13.3. The van der Waals surface area contributed by atoms with E-state index in [1.54, 1.807) is 17.6 Å². The molecule has 0 saturated heterocycles. The standard InChI is InChI=1S/C18H13FN2O5/c19-12-2-4-15-11(5-12)6-13(26-15)8-21-14-7-10(18(23)20-24)1-3-16(14)25-9-17(21)22/h1-7,24H,8-9H2,(H,20,23). The summed E-state index contributed by atoms with van der Waals surface area (Å²) in [6.45, 7) is -0.0525. The summed E-state index contributed by atoms with van der Waals surface area (Å²) in [7, 11) is 0. The Bertz CT molecular complexity index is 1030. The third-order valence-corrected chi connectivity index (χ3v) is 4.11. The minimum absolute atomic E-state index is 0.0929. The highest BCUT2D eigenvalue weighted by Crippen LogP contribution is 2.34. The van der Waals surface area contributed by atoms with Crippen molar-refractivity contribution in [3.8, 4) is 5.75 Å². The number of hydrogen-bond acceptors (Lipinski definition) is 5. The first-order chi connectivity index (χ1) is 12.5. The van der Waals surface area contributed by atoms with Crippen LogP contribution in [-0.4, -0.2) is 23.6 Å². The van der Waals surface area contributed by atoms with Crippen LogP contribution in [0.15, 0.2) is 46.9 Å². The highest BCUT2D eigenvalue weighted by Gasteiger charge is 2.27. The lowest BCUT2D eigenvalue weighted by Gasteiger charge is -2.29. The molecule has 1 aromatic heterocycles. The van der Waals surface area contributed by atoms with Crippen LogP contribution in [0.2, 0.25) is 0 Å². The SMILES string of the molecule is O=C(NO)c1ccc2c(c1)N(Cc1cc3cc(F)ccc3o1)C(=O)CO2. The third kappa shape index (κ3) is 2.76. The molecule has 1 aliphatic rings. The molecule has 0 aliphatic carbocycles. The van der Waals surface area contributed by atoms with E-state index in [1.807, 2.05) is 0 Å². The molecule has 1 aliphatic heterocycles. The monoisotopic (exact) mass is 356 g/mol. The van der Waals surface area contributed by atoms with E-state index in [2.05, 4.69) is 0 Å². The Morgan fingerprint density at radius 2 is 2.08 bits per heavy atom. The largest absolute Gasteiger partial charge is 0.482 e. The van der Waals surface area contributed by atoms with Crippen molar-refractivity contribution in [2.24, 2.45) is 0 Å². The van der Waals surface area contributed by atoms with Crippen LogP contribution in [0.5, 0.6) is 5.75 Å². The number of halogens is 1. The van der Waals surface area contributed by atoms with Crippen LogP contribution in [0.1, 0.15) is 16.1 Å². The van der Waals surface area contributed by atoms with Gasteiger partial charge in [0.1, 0.15) is 22.9 Å². The van der Waals surface area contributed by atoms with Crippen LogP contribution in [0.3, 0.4) is 0 Å². The van der Waals surface area contributed by atoms with Crippen molar-refractivity contribution in [2.45, 2.75) is 6.54 Å². The Hall–Kier alpha value is -3.39. The number of benzene rings is 2. The van der Waals surface area contributed by atoms with Gasteiger partial charge in [0.2, 0.25) is 0 Å². The molecule has 0 saturated carbocycles. The number of amides is 2. The fourth-order valence-electron chi connectivity index (χ4n) is 2.88. The fraction of sp³-hybridized carbons (Fsp3) is 0.111. The smallest absolute Gasteiger partial charge is 0.274 e. The number of carbonyl (C=O) groups is 2. The fourth-order valence-corrected chi connectivity index (χ4v) is 2.88. The lowest BCUT2D eigenvalue weighted by Crippen LogP contribution is -2.38. The Morgan fingerprint density at radius 1 is 1.23 bits per heavy atom. The molecule has 8 heteroatoms. The highest BCUT2D eigenvalue weighted by molar-refractivity contribution is 6.01. The van der Waals surface area contributed by atoms with Crippen molar-refractivity contribution in [1.29, 1.82) is 0 Å². The molecule has 2 amide bonds. The van der Waals surface area contributed by atoms with Gasteiger partial charge in [0.05, 0.1) is 12.2 Å². The number of hydroxylamine groups is 1. The van der Waals surface area contributed by atoms with Gasteiger partial charge in [-0.05, 0) is 42.5 Å². The van der Waals surface area contributed by atoms with Crippen LogP contribution in [-0.2, 0) is 11.3 Å². The molecule has 7 nitrogen and oxygen atoms in total. The van der Waals surface area contributed by atoms with Gasteiger partial charge in [-0.1, -0.05) is 0 Å². The second kappa shape index (κ2) is 6.16. The van der Waals surface area contributed by atoms with Crippen LogP contribution >= 0.6 is 0 Å². The second-order valence-electron chi connectivity index (χ2n) is 5.79. The summed E-state index contributed by atoms with van der Waals surface area (Å²) in [6, 6.07) is 10.3. The van der Waals surface area contributed by atoms with E-state index < -0.39 is 5.91 Å². The number of carbonyl (C=O) groups excluding carboxylic acids is 2. The van der Waals surface area contributed by atoms with Gasteiger partial charge in [-0.3, -0.25) is 19.7 Å². The number of anilines is 1. The van der Waals surface area contributed by atoms with Crippen molar-refractivity contribution in [3.63, 3.8) is 0 Å². The summed E-state index contributed by atoms with van der Waals surface area (Å²) in [5.41, 5.74) is 2.61. The number of nitrogens with zero attached hydrogens (tertiary/aromatic N) is 1. The molecule has 26 heavy (non-hydrogen) atoms. The first kappa shape index (κ1) is 16.1. The van der Waals surface area contributed by atoms with Crippen LogP contribution < -0.4 is 15.1 Å². The van der Waals surface area contributed by atoms with Gasteiger partial charge < -0.3 is 9.15 Å². The Balaban J connectivity index is 1.71. The summed E-state index contributed by atoms with van der Waals surface area (Å²) < 4.78 is 24.4. The van der Waals surface area contributed by atoms with Gasteiger partial charge in [-0.2, -0.15) is 0 Å². The Kier molecular flexibility index (Phi) is 3.81. The molecule has 3 aromatic rings. The highest BCUT2D eigenvalue weighted by atomic mass is 19.1. The number of nitrogens with one attached hydrogen (secondary N) is 1. The molecule has 2 heterocycles. The predicted octanol–water partition coefficient (Wildman–Crippen LogP) is 2.62. The molecule has 2 aromatic carbocycles. The molecular formula is C18H13FN2O5. The molecule has 0 atom stereocenters. The van der Waals surface area contributed by atoms with Gasteiger partial charge in [0.25, 0.3) is 11.8 Å². The summed E-state index contributed by atoms with van der Waals surface area (Å²) in [5.74, 6) is -0.502. The van der Waals surface area contributed by atoms with E-state index >= 15 is 0 Å². The van der Waals surface area contributed by atoms with E-state index in [0.717, 1.165) is 0 Å². The quantitative estimate of drug-likeness (QED) is 0.556. The van der Waals surface area contributed by atoms with E-state index in [4.69, 9.17) is 14.4 Å². The number of furan rings is 1. The first-order valence-corrected chi connectivity index (χ1v) is 7.75. The van der Waals surface area contributed by atoms with Gasteiger partial charge in [0, 0.05) is 10.9 Å². The predicted molar refractivity (Wildman–Crippen MR) is 88.6 cm³/mol. The zero-order valence-electron chi connectivity index (χ0n) is 13.4. The van der Waals surface area contributed by atoms with E-state index in [0.29, 0.717) is 28.2 Å². The average molecular weight is 356 g/mol. The normalized spacial score (nSPS) is 13.5. The van der Waals surface area contributed by atoms with Crippen molar-refractivity contribution in [1.82, 2.24) is 5.48 Å². The minimum Gasteiger partial charge on any atom is -0.482 e. The lowest BCUT2D eigenvalue weighted by molar-refractivity contribution is -0.121. The second-order valence-corrected chi connectivity index (χ2v) is 5.79. The summed E-state index contributed by atoms with van der Waals surface area (Å²) in [4.78, 5) is 25.4. The Morgan fingerprint density at radius 3 is 2.88 bits per heavy atom. The summed E-state index contributed by atoms with van der Waals surface area (Å²) in [6.07, 6.45) is 0. The first-order valence-electron chi connectivity index (χ1n) is 7.75.